The van der Waals surface area contributed by atoms with Crippen molar-refractivity contribution in [1.29, 1.82) is 0 Å². The average Bonchev–Trinajstić information content (AvgIpc) is 3.03. The molecule has 1 heterocycles. The normalized spacial score (nSPS) is 16.4. The van der Waals surface area contributed by atoms with Gasteiger partial charge in [0.05, 0.1) is 5.92 Å². The highest BCUT2D eigenvalue weighted by molar-refractivity contribution is 5.98. The van der Waals surface area contributed by atoms with E-state index in [1.54, 1.807) is 29.2 Å². The van der Waals surface area contributed by atoms with Crippen LogP contribution in [0.15, 0.2) is 48.5 Å². The summed E-state index contributed by atoms with van der Waals surface area (Å²) in [6, 6.07) is 12.4. The SMILES string of the molecule is NC(=O)c1ccc(NC(=O)C2CC(=O)N(CCc3ccc(F)cc3)C2)cc1. The van der Waals surface area contributed by atoms with E-state index in [0.29, 0.717) is 30.8 Å². The highest BCUT2D eigenvalue weighted by atomic mass is 19.1. The van der Waals surface area contributed by atoms with Gasteiger partial charge in [-0.2, -0.15) is 0 Å². The molecule has 7 heteroatoms. The number of primary amides is 1. The molecule has 6 nitrogen and oxygen atoms in total. The maximum absolute atomic E-state index is 12.9. The molecule has 27 heavy (non-hydrogen) atoms. The molecule has 0 radical (unpaired) electrons. The number of benzene rings is 2. The van der Waals surface area contributed by atoms with E-state index in [4.69, 9.17) is 5.73 Å². The van der Waals surface area contributed by atoms with Gasteiger partial charge >= 0.3 is 0 Å². The summed E-state index contributed by atoms with van der Waals surface area (Å²) in [6.45, 7) is 0.840. The predicted octanol–water partition coefficient (Wildman–Crippen LogP) is 1.95. The second-order valence-corrected chi connectivity index (χ2v) is 6.55. The first-order valence-electron chi connectivity index (χ1n) is 8.65. The molecular weight excluding hydrogens is 349 g/mol. The Labute approximate surface area is 156 Å². The zero-order valence-corrected chi connectivity index (χ0v) is 14.7. The fourth-order valence-corrected chi connectivity index (χ4v) is 3.04. The second-order valence-electron chi connectivity index (χ2n) is 6.55. The van der Waals surface area contributed by atoms with Gasteiger partial charge in [-0.15, -0.1) is 0 Å². The molecule has 1 unspecified atom stereocenters. The van der Waals surface area contributed by atoms with E-state index in [-0.39, 0.29) is 24.1 Å². The van der Waals surface area contributed by atoms with Crippen LogP contribution in [-0.2, 0) is 16.0 Å². The first-order chi connectivity index (χ1) is 12.9. The minimum absolute atomic E-state index is 0.0682. The number of halogens is 1. The zero-order chi connectivity index (χ0) is 19.4. The Bertz CT molecular complexity index is 850. The number of hydrogen-bond donors (Lipinski definition) is 2. The van der Waals surface area contributed by atoms with Crippen LogP contribution in [0.25, 0.3) is 0 Å². The molecular formula is C20H20FN3O3. The van der Waals surface area contributed by atoms with Gasteiger partial charge in [0.1, 0.15) is 5.82 Å². The highest BCUT2D eigenvalue weighted by Crippen LogP contribution is 2.21. The smallest absolute Gasteiger partial charge is 0.248 e. The maximum atomic E-state index is 12.9. The molecule has 3 rings (SSSR count). The van der Waals surface area contributed by atoms with Gasteiger partial charge in [0.15, 0.2) is 0 Å². The van der Waals surface area contributed by atoms with Gasteiger partial charge < -0.3 is 16.0 Å². The molecule has 0 aromatic heterocycles. The summed E-state index contributed by atoms with van der Waals surface area (Å²) in [5, 5.41) is 2.76. The lowest BCUT2D eigenvalue weighted by Crippen LogP contribution is -2.30. The summed E-state index contributed by atoms with van der Waals surface area (Å²) in [5.41, 5.74) is 7.02. The molecule has 3 amide bonds. The molecule has 1 fully saturated rings. The third-order valence-corrected chi connectivity index (χ3v) is 4.61. The maximum Gasteiger partial charge on any atom is 0.248 e. The molecule has 1 aliphatic rings. The first kappa shape index (κ1) is 18.6. The van der Waals surface area contributed by atoms with Crippen LogP contribution in [0.5, 0.6) is 0 Å². The third kappa shape index (κ3) is 4.69. The van der Waals surface area contributed by atoms with Gasteiger partial charge in [0.25, 0.3) is 0 Å². The monoisotopic (exact) mass is 369 g/mol. The number of carbonyl (C=O) groups is 3. The molecule has 140 valence electrons. The fourth-order valence-electron chi connectivity index (χ4n) is 3.04. The number of nitrogens with one attached hydrogen (secondary N) is 1. The molecule has 0 bridgehead atoms. The Morgan fingerprint density at radius 3 is 2.41 bits per heavy atom. The molecule has 3 N–H and O–H groups in total. The highest BCUT2D eigenvalue weighted by Gasteiger charge is 2.34. The van der Waals surface area contributed by atoms with E-state index in [2.05, 4.69) is 5.32 Å². The van der Waals surface area contributed by atoms with Gasteiger partial charge in [-0.1, -0.05) is 12.1 Å². The molecule has 0 aliphatic carbocycles. The van der Waals surface area contributed by atoms with Crippen molar-refractivity contribution in [2.45, 2.75) is 12.8 Å². The van der Waals surface area contributed by atoms with Crippen LogP contribution in [0.2, 0.25) is 0 Å². The van der Waals surface area contributed by atoms with E-state index in [0.717, 1.165) is 5.56 Å². The van der Waals surface area contributed by atoms with E-state index in [1.165, 1.54) is 24.3 Å². The summed E-state index contributed by atoms with van der Waals surface area (Å²) >= 11 is 0. The van der Waals surface area contributed by atoms with Crippen LogP contribution in [-0.4, -0.2) is 35.7 Å². The molecule has 1 saturated heterocycles. The summed E-state index contributed by atoms with van der Waals surface area (Å²) in [4.78, 5) is 37.3. The van der Waals surface area contributed by atoms with Crippen LogP contribution in [0.4, 0.5) is 10.1 Å². The Morgan fingerprint density at radius 1 is 1.11 bits per heavy atom. The van der Waals surface area contributed by atoms with Crippen molar-refractivity contribution in [2.75, 3.05) is 18.4 Å². The van der Waals surface area contributed by atoms with Crippen molar-refractivity contribution in [3.63, 3.8) is 0 Å². The van der Waals surface area contributed by atoms with Crippen LogP contribution in [0.1, 0.15) is 22.3 Å². The number of nitrogens with zero attached hydrogens (tertiary/aromatic N) is 1. The van der Waals surface area contributed by atoms with Crippen LogP contribution < -0.4 is 11.1 Å². The van der Waals surface area contributed by atoms with Crippen LogP contribution >= 0.6 is 0 Å². The summed E-state index contributed by atoms with van der Waals surface area (Å²) < 4.78 is 12.9. The zero-order valence-electron chi connectivity index (χ0n) is 14.7. The summed E-state index contributed by atoms with van der Waals surface area (Å²) in [7, 11) is 0. The molecule has 0 spiro atoms. The van der Waals surface area contributed by atoms with Crippen molar-refractivity contribution in [2.24, 2.45) is 11.7 Å². The quantitative estimate of drug-likeness (QED) is 0.815. The first-order valence-corrected chi connectivity index (χ1v) is 8.65. The predicted molar refractivity (Wildman–Crippen MR) is 98.4 cm³/mol. The fraction of sp³-hybridized carbons (Fsp3) is 0.250. The van der Waals surface area contributed by atoms with Gasteiger partial charge in [0, 0.05) is 30.8 Å². The molecule has 2 aromatic rings. The Kier molecular flexibility index (Phi) is 5.49. The van der Waals surface area contributed by atoms with Crippen LogP contribution in [0.3, 0.4) is 0 Å². The number of likely N-dealkylation sites (tertiary alicyclic amines) is 1. The lowest BCUT2D eigenvalue weighted by Gasteiger charge is -2.16. The van der Waals surface area contributed by atoms with E-state index in [1.807, 2.05) is 0 Å². The number of rotatable bonds is 6. The molecule has 0 saturated carbocycles. The van der Waals surface area contributed by atoms with Crippen molar-refractivity contribution in [1.82, 2.24) is 4.90 Å². The Hall–Kier alpha value is -3.22. The minimum atomic E-state index is -0.536. The van der Waals surface area contributed by atoms with Gasteiger partial charge in [-0.25, -0.2) is 4.39 Å². The largest absolute Gasteiger partial charge is 0.366 e. The van der Waals surface area contributed by atoms with Gasteiger partial charge in [-0.3, -0.25) is 14.4 Å². The molecule has 1 aliphatic heterocycles. The average molecular weight is 369 g/mol. The molecule has 2 aromatic carbocycles. The van der Waals surface area contributed by atoms with Crippen LogP contribution in [0, 0.1) is 11.7 Å². The topological polar surface area (TPSA) is 92.5 Å². The van der Waals surface area contributed by atoms with Crippen molar-refractivity contribution < 1.29 is 18.8 Å². The number of carbonyl (C=O) groups excluding carboxylic acids is 3. The Balaban J connectivity index is 1.53. The summed E-state index contributed by atoms with van der Waals surface area (Å²) in [5.74, 6) is -1.56. The van der Waals surface area contributed by atoms with Crippen molar-refractivity contribution >= 4 is 23.4 Å². The van der Waals surface area contributed by atoms with Crippen molar-refractivity contribution in [3.05, 3.63) is 65.5 Å². The number of nitrogens with two attached hydrogens (primary N) is 1. The Morgan fingerprint density at radius 2 is 1.78 bits per heavy atom. The lowest BCUT2D eigenvalue weighted by molar-refractivity contribution is -0.128. The molecule has 1 atom stereocenters. The number of hydrogen-bond acceptors (Lipinski definition) is 3. The summed E-state index contributed by atoms with van der Waals surface area (Å²) in [6.07, 6.45) is 0.767. The van der Waals surface area contributed by atoms with Crippen molar-refractivity contribution in [3.8, 4) is 0 Å². The number of anilines is 1. The minimum Gasteiger partial charge on any atom is -0.366 e. The standard InChI is InChI=1S/C20H20FN3O3/c21-16-5-1-13(2-6-16)9-10-24-12-15(11-18(24)25)20(27)23-17-7-3-14(4-8-17)19(22)26/h1-8,15H,9-12H2,(H2,22,26)(H,23,27). The van der Waals surface area contributed by atoms with Gasteiger partial charge in [-0.05, 0) is 48.4 Å². The van der Waals surface area contributed by atoms with E-state index >= 15 is 0 Å². The van der Waals surface area contributed by atoms with E-state index in [9.17, 15) is 18.8 Å². The third-order valence-electron chi connectivity index (χ3n) is 4.61. The van der Waals surface area contributed by atoms with Gasteiger partial charge in [0.2, 0.25) is 17.7 Å². The lowest BCUT2D eigenvalue weighted by atomic mass is 10.1. The van der Waals surface area contributed by atoms with E-state index < -0.39 is 11.8 Å². The number of amides is 3. The second kappa shape index (κ2) is 7.99.